The van der Waals surface area contributed by atoms with Crippen molar-refractivity contribution in [1.82, 2.24) is 0 Å². The van der Waals surface area contributed by atoms with E-state index in [9.17, 15) is 19.8 Å². The molecule has 7 heteroatoms. The van der Waals surface area contributed by atoms with Crippen molar-refractivity contribution in [3.63, 3.8) is 0 Å². The Morgan fingerprint density at radius 3 is 2.17 bits per heavy atom. The van der Waals surface area contributed by atoms with Gasteiger partial charge < -0.3 is 24.6 Å². The molecule has 0 rings (SSSR count). The van der Waals surface area contributed by atoms with Gasteiger partial charge in [0.2, 0.25) is 0 Å². The fourth-order valence-corrected chi connectivity index (χ4v) is 2.49. The van der Waals surface area contributed by atoms with Crippen LogP contribution in [0.2, 0.25) is 0 Å². The topological polar surface area (TPSA) is 97.7 Å². The van der Waals surface area contributed by atoms with E-state index in [-0.39, 0.29) is 70.8 Å². The number of aliphatic hydroxyl groups excluding tert-OH is 1. The third-order valence-corrected chi connectivity index (χ3v) is 3.79. The Morgan fingerprint density at radius 1 is 1.04 bits per heavy atom. The van der Waals surface area contributed by atoms with E-state index in [1.165, 1.54) is 0 Å². The zero-order valence-corrected chi connectivity index (χ0v) is 17.6. The Balaban J connectivity index is 0. The molecule has 6 nitrogen and oxygen atoms in total. The first-order valence-corrected chi connectivity index (χ1v) is 7.98. The van der Waals surface area contributed by atoms with Gasteiger partial charge in [0.1, 0.15) is 6.54 Å². The van der Waals surface area contributed by atoms with E-state index in [0.717, 1.165) is 25.7 Å². The summed E-state index contributed by atoms with van der Waals surface area (Å²) in [4.78, 5) is 21.5. The van der Waals surface area contributed by atoms with Crippen LogP contribution in [-0.2, 0) is 9.59 Å². The van der Waals surface area contributed by atoms with Gasteiger partial charge in [-0.2, -0.15) is 0 Å². The first-order valence-electron chi connectivity index (χ1n) is 7.98. The van der Waals surface area contributed by atoms with Crippen molar-refractivity contribution in [2.24, 2.45) is 0 Å². The second-order valence-corrected chi connectivity index (χ2v) is 5.63. The number of aliphatic hydroxyl groups is 1. The van der Waals surface area contributed by atoms with Gasteiger partial charge in [-0.25, -0.2) is 0 Å². The number of quaternary nitrogens is 1. The van der Waals surface area contributed by atoms with E-state index < -0.39 is 11.9 Å². The molecule has 0 aliphatic carbocycles. The van der Waals surface area contributed by atoms with Gasteiger partial charge in [0.25, 0.3) is 0 Å². The van der Waals surface area contributed by atoms with Crippen molar-refractivity contribution in [3.05, 3.63) is 12.2 Å². The molecule has 1 unspecified atom stereocenters. The van der Waals surface area contributed by atoms with Crippen LogP contribution in [0, 0.1) is 0 Å². The molecule has 0 saturated heterocycles. The van der Waals surface area contributed by atoms with Crippen LogP contribution in [-0.4, -0.2) is 59.4 Å². The number of hydrogen-bond donors (Lipinski definition) is 2. The third kappa shape index (κ3) is 14.3. The van der Waals surface area contributed by atoms with Crippen LogP contribution in [0.4, 0.5) is 0 Å². The first kappa shape index (κ1) is 25.5. The first-order chi connectivity index (χ1) is 10.5. The number of carboxylic acid groups (broad SMARTS) is 2. The van der Waals surface area contributed by atoms with Crippen molar-refractivity contribution in [2.75, 3.05) is 32.8 Å². The van der Waals surface area contributed by atoms with Crippen molar-refractivity contribution in [3.8, 4) is 0 Å². The Bertz CT molecular complexity index is 342. The number of carboxylic acids is 2. The molecular weight excluding hydrogens is 325 g/mol. The van der Waals surface area contributed by atoms with Gasteiger partial charge in [-0.05, 0) is 12.8 Å². The largest absolute Gasteiger partial charge is 1.00 e. The summed E-state index contributed by atoms with van der Waals surface area (Å²) in [6, 6.07) is 0. The molecule has 0 saturated carbocycles. The van der Waals surface area contributed by atoms with E-state index in [0.29, 0.717) is 30.7 Å². The summed E-state index contributed by atoms with van der Waals surface area (Å²) in [6.07, 6.45) is 7.94. The van der Waals surface area contributed by atoms with Crippen molar-refractivity contribution >= 4 is 11.9 Å². The van der Waals surface area contributed by atoms with Crippen molar-refractivity contribution < 1.29 is 80.8 Å². The maximum Gasteiger partial charge on any atom is 1.00 e. The molecule has 0 amide bonds. The molecular formula is C16H29KNO5+. The standard InChI is InChI=1S/C16H29NO5.K/c1-2-3-4-5-6-7-10-17(13-14-18,11-8-15(19)20)12-9-16(21)22;/h4-5,18H,2-3,6-14H2,1H3,(H-,19,20,21,22);/q;+1/b5-4+;. The number of unbranched alkanes of at least 4 members (excludes halogenated alkanes) is 2. The summed E-state index contributed by atoms with van der Waals surface area (Å²) >= 11 is 0. The molecule has 0 aromatic rings. The zero-order valence-electron chi connectivity index (χ0n) is 14.5. The zero-order chi connectivity index (χ0) is 16.8. The quantitative estimate of drug-likeness (QED) is 0.156. The second-order valence-electron chi connectivity index (χ2n) is 5.63. The van der Waals surface area contributed by atoms with Crippen LogP contribution in [0.1, 0.15) is 45.4 Å². The van der Waals surface area contributed by atoms with E-state index >= 15 is 0 Å². The van der Waals surface area contributed by atoms with Gasteiger partial charge in [0.05, 0.1) is 32.7 Å². The van der Waals surface area contributed by atoms with Crippen LogP contribution >= 0.6 is 0 Å². The molecule has 0 fully saturated rings. The number of aliphatic carboxylic acids is 2. The summed E-state index contributed by atoms with van der Waals surface area (Å²) in [6.45, 7) is 3.70. The van der Waals surface area contributed by atoms with Gasteiger partial charge in [0.15, 0.2) is 0 Å². The summed E-state index contributed by atoms with van der Waals surface area (Å²) in [5.74, 6) is -2.05. The second kappa shape index (κ2) is 15.7. The Morgan fingerprint density at radius 2 is 1.65 bits per heavy atom. The molecule has 2 N–H and O–H groups in total. The molecule has 1 atom stereocenters. The van der Waals surface area contributed by atoms with Gasteiger partial charge in [0, 0.05) is 18.8 Å². The molecule has 0 radical (unpaired) electrons. The van der Waals surface area contributed by atoms with Crippen LogP contribution in [0.15, 0.2) is 12.2 Å². The van der Waals surface area contributed by atoms with Gasteiger partial charge in [-0.15, -0.1) is 0 Å². The maximum absolute atomic E-state index is 10.8. The summed E-state index contributed by atoms with van der Waals surface area (Å²) in [7, 11) is 0. The fraction of sp³-hybridized carbons (Fsp3) is 0.750. The van der Waals surface area contributed by atoms with E-state index in [2.05, 4.69) is 19.1 Å². The molecule has 0 aliphatic rings. The molecule has 0 bridgehead atoms. The number of rotatable bonds is 14. The Kier molecular flexibility index (Phi) is 17.4. The summed E-state index contributed by atoms with van der Waals surface area (Å²) < 4.78 is 0.318. The van der Waals surface area contributed by atoms with Crippen LogP contribution < -0.4 is 56.5 Å². The number of carbonyl (C=O) groups excluding carboxylic acids is 1. The molecule has 0 aliphatic heterocycles. The summed E-state index contributed by atoms with van der Waals surface area (Å²) in [5.41, 5.74) is 0. The van der Waals surface area contributed by atoms with E-state index in [4.69, 9.17) is 5.11 Å². The molecule has 0 aromatic carbocycles. The molecule has 23 heavy (non-hydrogen) atoms. The van der Waals surface area contributed by atoms with Crippen molar-refractivity contribution in [2.45, 2.75) is 45.4 Å². The number of nitrogens with zero attached hydrogens (tertiary/aromatic N) is 1. The van der Waals surface area contributed by atoms with Gasteiger partial charge in [-0.1, -0.05) is 25.5 Å². The molecule has 0 aromatic heterocycles. The smallest absolute Gasteiger partial charge is 0.550 e. The molecule has 128 valence electrons. The maximum atomic E-state index is 10.8. The average Bonchev–Trinajstić information content (AvgIpc) is 2.46. The monoisotopic (exact) mass is 354 g/mol. The number of allylic oxidation sites excluding steroid dienone is 2. The van der Waals surface area contributed by atoms with E-state index in [1.54, 1.807) is 0 Å². The van der Waals surface area contributed by atoms with Crippen LogP contribution in [0.25, 0.3) is 0 Å². The molecule has 0 spiro atoms. The minimum absolute atomic E-state index is 0. The Labute approximate surface area is 181 Å². The number of carbonyl (C=O) groups is 2. The molecule has 0 heterocycles. The third-order valence-electron chi connectivity index (χ3n) is 3.79. The normalized spacial score (nSPS) is 13.5. The van der Waals surface area contributed by atoms with Crippen LogP contribution in [0.5, 0.6) is 0 Å². The van der Waals surface area contributed by atoms with Gasteiger partial charge >= 0.3 is 57.4 Å². The predicted molar refractivity (Wildman–Crippen MR) is 82.0 cm³/mol. The Hall–Kier alpha value is 0.236. The van der Waals surface area contributed by atoms with Crippen molar-refractivity contribution in [1.29, 1.82) is 0 Å². The number of hydrogen-bond acceptors (Lipinski definition) is 4. The predicted octanol–water partition coefficient (Wildman–Crippen LogP) is -2.45. The fourth-order valence-electron chi connectivity index (χ4n) is 2.49. The minimum Gasteiger partial charge on any atom is -0.550 e. The SMILES string of the molecule is CCC/C=C/CCC[N+](CCO)(CCC(=O)[O-])CCC(=O)O.[K+]. The van der Waals surface area contributed by atoms with Crippen LogP contribution in [0.3, 0.4) is 0 Å². The summed E-state index contributed by atoms with van der Waals surface area (Å²) in [5, 5.41) is 28.9. The van der Waals surface area contributed by atoms with E-state index in [1.807, 2.05) is 0 Å². The minimum atomic E-state index is -1.14. The average molecular weight is 355 g/mol. The van der Waals surface area contributed by atoms with Gasteiger partial charge in [-0.3, -0.25) is 4.79 Å².